The number of ether oxygens (including phenoxy) is 1. The molecule has 0 unspecified atom stereocenters. The van der Waals surface area contributed by atoms with E-state index in [4.69, 9.17) is 9.26 Å². The molecule has 0 aliphatic carbocycles. The number of rotatable bonds is 3. The molecular formula is C12H15N5O2. The first-order valence-corrected chi connectivity index (χ1v) is 6.15. The van der Waals surface area contributed by atoms with Crippen LogP contribution in [0.15, 0.2) is 16.9 Å². The van der Waals surface area contributed by atoms with E-state index in [0.29, 0.717) is 17.5 Å². The largest absolute Gasteiger partial charge is 0.380 e. The minimum absolute atomic E-state index is 0.0386. The van der Waals surface area contributed by atoms with Gasteiger partial charge in [0.15, 0.2) is 0 Å². The van der Waals surface area contributed by atoms with Crippen LogP contribution < -0.4 is 5.32 Å². The molecule has 1 N–H and O–H groups in total. The summed E-state index contributed by atoms with van der Waals surface area (Å²) in [6.45, 7) is 2.72. The Morgan fingerprint density at radius 1 is 1.32 bits per heavy atom. The van der Waals surface area contributed by atoms with Gasteiger partial charge in [-0.1, -0.05) is 5.16 Å². The quantitative estimate of drug-likeness (QED) is 0.877. The molecule has 3 heterocycles. The maximum absolute atomic E-state index is 5.29. The molecule has 0 bridgehead atoms. The van der Waals surface area contributed by atoms with Crippen molar-refractivity contribution in [2.75, 3.05) is 13.7 Å². The van der Waals surface area contributed by atoms with E-state index in [1.54, 1.807) is 19.5 Å². The Bertz CT molecular complexity index is 554. The Morgan fingerprint density at radius 2 is 2.11 bits per heavy atom. The summed E-state index contributed by atoms with van der Waals surface area (Å²) in [5, 5.41) is 7.21. The predicted molar refractivity (Wildman–Crippen MR) is 66.2 cm³/mol. The van der Waals surface area contributed by atoms with Crippen LogP contribution in [0.1, 0.15) is 23.9 Å². The van der Waals surface area contributed by atoms with Gasteiger partial charge in [0.2, 0.25) is 17.5 Å². The van der Waals surface area contributed by atoms with Gasteiger partial charge < -0.3 is 14.6 Å². The first-order chi connectivity index (χ1) is 9.26. The second-order valence-corrected chi connectivity index (χ2v) is 4.59. The molecule has 2 aromatic heterocycles. The van der Waals surface area contributed by atoms with Crippen LogP contribution in [0.2, 0.25) is 0 Å². The lowest BCUT2D eigenvalue weighted by atomic mass is 10.2. The third-order valence-electron chi connectivity index (χ3n) is 3.14. The Kier molecular flexibility index (Phi) is 3.22. The number of hydrogen-bond acceptors (Lipinski definition) is 7. The smallest absolute Gasteiger partial charge is 0.244 e. The summed E-state index contributed by atoms with van der Waals surface area (Å²) in [6, 6.07) is 0.0386. The van der Waals surface area contributed by atoms with Gasteiger partial charge in [0.25, 0.3) is 0 Å². The SMILES string of the molecule is CO[C@@H]1CN[C@@H](c2nc(-c3ncc(C)cn3)no2)C1. The first kappa shape index (κ1) is 12.2. The molecule has 1 saturated heterocycles. The maximum atomic E-state index is 5.29. The zero-order chi connectivity index (χ0) is 13.2. The average molecular weight is 261 g/mol. The van der Waals surface area contributed by atoms with Crippen LogP contribution in [-0.2, 0) is 4.74 Å². The van der Waals surface area contributed by atoms with Gasteiger partial charge in [-0.15, -0.1) is 0 Å². The van der Waals surface area contributed by atoms with Gasteiger partial charge in [0.1, 0.15) is 0 Å². The number of nitrogens with zero attached hydrogens (tertiary/aromatic N) is 4. The van der Waals surface area contributed by atoms with Gasteiger partial charge in [-0.05, 0) is 18.9 Å². The van der Waals surface area contributed by atoms with Crippen molar-refractivity contribution in [3.63, 3.8) is 0 Å². The maximum Gasteiger partial charge on any atom is 0.244 e. The summed E-state index contributed by atoms with van der Waals surface area (Å²) >= 11 is 0. The van der Waals surface area contributed by atoms with E-state index in [9.17, 15) is 0 Å². The monoisotopic (exact) mass is 261 g/mol. The minimum Gasteiger partial charge on any atom is -0.380 e. The van der Waals surface area contributed by atoms with Crippen LogP contribution in [0.4, 0.5) is 0 Å². The van der Waals surface area contributed by atoms with Crippen LogP contribution >= 0.6 is 0 Å². The van der Waals surface area contributed by atoms with Crippen LogP contribution in [0.3, 0.4) is 0 Å². The lowest BCUT2D eigenvalue weighted by Gasteiger charge is -2.04. The molecule has 1 aliphatic heterocycles. The Labute approximate surface area is 110 Å². The van der Waals surface area contributed by atoms with Crippen molar-refractivity contribution in [2.24, 2.45) is 0 Å². The van der Waals surface area contributed by atoms with E-state index < -0.39 is 0 Å². The zero-order valence-corrected chi connectivity index (χ0v) is 10.8. The van der Waals surface area contributed by atoms with E-state index in [1.807, 2.05) is 6.92 Å². The van der Waals surface area contributed by atoms with Gasteiger partial charge >= 0.3 is 0 Å². The lowest BCUT2D eigenvalue weighted by molar-refractivity contribution is 0.116. The van der Waals surface area contributed by atoms with Crippen LogP contribution in [0, 0.1) is 6.92 Å². The molecule has 2 atom stereocenters. The van der Waals surface area contributed by atoms with Crippen LogP contribution in [-0.4, -0.2) is 39.9 Å². The van der Waals surface area contributed by atoms with E-state index in [-0.39, 0.29) is 12.1 Å². The first-order valence-electron chi connectivity index (χ1n) is 6.15. The van der Waals surface area contributed by atoms with E-state index in [2.05, 4.69) is 25.4 Å². The van der Waals surface area contributed by atoms with Crippen molar-refractivity contribution in [3.8, 4) is 11.6 Å². The van der Waals surface area contributed by atoms with Gasteiger partial charge in [0.05, 0.1) is 12.1 Å². The number of hydrogen-bond donors (Lipinski definition) is 1. The normalized spacial score (nSPS) is 22.8. The number of methoxy groups -OCH3 is 1. The lowest BCUT2D eigenvalue weighted by Crippen LogP contribution is -2.16. The van der Waals surface area contributed by atoms with Gasteiger partial charge in [-0.2, -0.15) is 4.98 Å². The summed E-state index contributed by atoms with van der Waals surface area (Å²) in [5.74, 6) is 1.44. The Balaban J connectivity index is 1.78. The minimum atomic E-state index is 0.0386. The molecule has 1 aliphatic rings. The fraction of sp³-hybridized carbons (Fsp3) is 0.500. The highest BCUT2D eigenvalue weighted by Crippen LogP contribution is 2.24. The molecular weight excluding hydrogens is 246 g/mol. The van der Waals surface area contributed by atoms with Gasteiger partial charge in [-0.3, -0.25) is 0 Å². The van der Waals surface area contributed by atoms with E-state index in [1.165, 1.54) is 0 Å². The van der Waals surface area contributed by atoms with Gasteiger partial charge in [0, 0.05) is 26.0 Å². The number of aromatic nitrogens is 4. The number of aryl methyl sites for hydroxylation is 1. The predicted octanol–water partition coefficient (Wildman–Crippen LogP) is 0.884. The van der Waals surface area contributed by atoms with Crippen molar-refractivity contribution in [3.05, 3.63) is 23.8 Å². The molecule has 100 valence electrons. The van der Waals surface area contributed by atoms with Crippen LogP contribution in [0.25, 0.3) is 11.6 Å². The molecule has 2 aromatic rings. The number of nitrogens with one attached hydrogen (secondary N) is 1. The molecule has 0 spiro atoms. The van der Waals surface area contributed by atoms with Crippen molar-refractivity contribution in [2.45, 2.75) is 25.5 Å². The summed E-state index contributed by atoms with van der Waals surface area (Å²) in [7, 11) is 1.70. The fourth-order valence-electron chi connectivity index (χ4n) is 2.05. The van der Waals surface area contributed by atoms with E-state index >= 15 is 0 Å². The Hall–Kier alpha value is -1.86. The summed E-state index contributed by atoms with van der Waals surface area (Å²) in [5.41, 5.74) is 0.993. The molecule has 0 aromatic carbocycles. The topological polar surface area (TPSA) is 86.0 Å². The summed E-state index contributed by atoms with van der Waals surface area (Å²) in [6.07, 6.45) is 4.48. The molecule has 0 saturated carbocycles. The molecule has 19 heavy (non-hydrogen) atoms. The van der Waals surface area contributed by atoms with E-state index in [0.717, 1.165) is 18.5 Å². The second kappa shape index (κ2) is 5.02. The second-order valence-electron chi connectivity index (χ2n) is 4.59. The molecule has 0 radical (unpaired) electrons. The highest BCUT2D eigenvalue weighted by Gasteiger charge is 2.29. The van der Waals surface area contributed by atoms with Gasteiger partial charge in [-0.25, -0.2) is 9.97 Å². The molecule has 1 fully saturated rings. The summed E-state index contributed by atoms with van der Waals surface area (Å²) in [4.78, 5) is 12.7. The molecule has 3 rings (SSSR count). The van der Waals surface area contributed by atoms with Crippen molar-refractivity contribution in [1.82, 2.24) is 25.4 Å². The third-order valence-corrected chi connectivity index (χ3v) is 3.14. The Morgan fingerprint density at radius 3 is 2.79 bits per heavy atom. The molecule has 0 amide bonds. The highest BCUT2D eigenvalue weighted by atomic mass is 16.5. The molecule has 7 heteroatoms. The van der Waals surface area contributed by atoms with Crippen molar-refractivity contribution >= 4 is 0 Å². The highest BCUT2D eigenvalue weighted by molar-refractivity contribution is 5.41. The zero-order valence-electron chi connectivity index (χ0n) is 10.8. The molecule has 7 nitrogen and oxygen atoms in total. The average Bonchev–Trinajstić information content (AvgIpc) is 3.08. The van der Waals surface area contributed by atoms with Crippen molar-refractivity contribution < 1.29 is 9.26 Å². The summed E-state index contributed by atoms with van der Waals surface area (Å²) < 4.78 is 10.6. The van der Waals surface area contributed by atoms with Crippen molar-refractivity contribution in [1.29, 1.82) is 0 Å². The van der Waals surface area contributed by atoms with Crippen LogP contribution in [0.5, 0.6) is 0 Å². The fourth-order valence-corrected chi connectivity index (χ4v) is 2.05. The third kappa shape index (κ3) is 2.47. The standard InChI is InChI=1S/C12H15N5O2/c1-7-4-14-10(15-5-7)11-16-12(19-17-11)9-3-8(18-2)6-13-9/h4-5,8-9,13H,3,6H2,1-2H3/t8-,9+/m0/s1.